The van der Waals surface area contributed by atoms with Gasteiger partial charge in [-0.3, -0.25) is 0 Å². The van der Waals surface area contributed by atoms with Gasteiger partial charge in [0, 0.05) is 6.08 Å². The van der Waals surface area contributed by atoms with Crippen LogP contribution in [0.15, 0.2) is 24.3 Å². The van der Waals surface area contributed by atoms with Gasteiger partial charge in [-0.15, -0.1) is 0 Å². The number of hydrogen-bond donors (Lipinski definition) is 1. The van der Waals surface area contributed by atoms with Gasteiger partial charge in [0.25, 0.3) is 0 Å². The van der Waals surface area contributed by atoms with E-state index in [1.807, 2.05) is 32.0 Å². The number of rotatable bonds is 2. The van der Waals surface area contributed by atoms with Gasteiger partial charge in [0.2, 0.25) is 0 Å². The Labute approximate surface area is 77.5 Å². The molecular formula is C11H12O2. The summed E-state index contributed by atoms with van der Waals surface area (Å²) in [4.78, 5) is 10.2. The van der Waals surface area contributed by atoms with Crippen LogP contribution in [0.1, 0.15) is 16.7 Å². The van der Waals surface area contributed by atoms with E-state index in [0.717, 1.165) is 11.6 Å². The van der Waals surface area contributed by atoms with Crippen LogP contribution in [0.4, 0.5) is 0 Å². The van der Waals surface area contributed by atoms with E-state index in [9.17, 15) is 4.79 Å². The first kappa shape index (κ1) is 9.52. The van der Waals surface area contributed by atoms with Crippen molar-refractivity contribution in [3.05, 3.63) is 41.0 Å². The highest BCUT2D eigenvalue weighted by molar-refractivity contribution is 5.85. The van der Waals surface area contributed by atoms with E-state index in [1.54, 1.807) is 6.08 Å². The van der Waals surface area contributed by atoms with E-state index >= 15 is 0 Å². The van der Waals surface area contributed by atoms with Crippen LogP contribution >= 0.6 is 0 Å². The van der Waals surface area contributed by atoms with Crippen molar-refractivity contribution in [2.75, 3.05) is 0 Å². The maximum absolute atomic E-state index is 10.2. The van der Waals surface area contributed by atoms with Crippen LogP contribution in [0.5, 0.6) is 0 Å². The Kier molecular flexibility index (Phi) is 2.85. The average Bonchev–Trinajstić information content (AvgIpc) is 2.07. The van der Waals surface area contributed by atoms with E-state index in [0.29, 0.717) is 0 Å². The Morgan fingerprint density at radius 1 is 1.31 bits per heavy atom. The molecule has 0 saturated carbocycles. The highest BCUT2D eigenvalue weighted by atomic mass is 16.4. The van der Waals surface area contributed by atoms with Gasteiger partial charge in [-0.05, 0) is 36.6 Å². The fourth-order valence-electron chi connectivity index (χ4n) is 1.04. The van der Waals surface area contributed by atoms with Crippen molar-refractivity contribution in [2.24, 2.45) is 0 Å². The molecule has 0 atom stereocenters. The molecule has 0 amide bonds. The van der Waals surface area contributed by atoms with Crippen molar-refractivity contribution in [1.29, 1.82) is 0 Å². The molecule has 0 saturated heterocycles. The van der Waals surface area contributed by atoms with Gasteiger partial charge < -0.3 is 5.11 Å². The van der Waals surface area contributed by atoms with Gasteiger partial charge in [0.05, 0.1) is 0 Å². The maximum atomic E-state index is 10.2. The zero-order valence-corrected chi connectivity index (χ0v) is 7.74. The van der Waals surface area contributed by atoms with Crippen molar-refractivity contribution in [2.45, 2.75) is 13.8 Å². The van der Waals surface area contributed by atoms with Crippen molar-refractivity contribution >= 4 is 12.0 Å². The van der Waals surface area contributed by atoms with Gasteiger partial charge >= 0.3 is 5.97 Å². The highest BCUT2D eigenvalue weighted by Crippen LogP contribution is 2.10. The van der Waals surface area contributed by atoms with Gasteiger partial charge in [-0.1, -0.05) is 18.2 Å². The molecule has 0 spiro atoms. The molecule has 0 heterocycles. The Hall–Kier alpha value is -1.57. The second-order valence-electron chi connectivity index (χ2n) is 3.02. The third kappa shape index (κ3) is 2.75. The van der Waals surface area contributed by atoms with Crippen molar-refractivity contribution in [3.8, 4) is 0 Å². The van der Waals surface area contributed by atoms with Gasteiger partial charge in [0.1, 0.15) is 0 Å². The average molecular weight is 176 g/mol. The van der Waals surface area contributed by atoms with Crippen molar-refractivity contribution in [1.82, 2.24) is 0 Å². The summed E-state index contributed by atoms with van der Waals surface area (Å²) in [5, 5.41) is 8.41. The topological polar surface area (TPSA) is 37.3 Å². The normalized spacial score (nSPS) is 10.6. The van der Waals surface area contributed by atoms with Crippen molar-refractivity contribution in [3.63, 3.8) is 0 Å². The van der Waals surface area contributed by atoms with E-state index < -0.39 is 5.97 Å². The van der Waals surface area contributed by atoms with Gasteiger partial charge in [-0.2, -0.15) is 0 Å². The Balaban J connectivity index is 2.92. The quantitative estimate of drug-likeness (QED) is 0.702. The summed E-state index contributed by atoms with van der Waals surface area (Å²) >= 11 is 0. The lowest BCUT2D eigenvalue weighted by Crippen LogP contribution is -1.86. The second-order valence-corrected chi connectivity index (χ2v) is 3.02. The first-order valence-electron chi connectivity index (χ1n) is 4.08. The largest absolute Gasteiger partial charge is 0.478 e. The van der Waals surface area contributed by atoms with Crippen LogP contribution in [-0.2, 0) is 4.79 Å². The maximum Gasteiger partial charge on any atom is 0.328 e. The summed E-state index contributed by atoms with van der Waals surface area (Å²) in [7, 11) is 0. The standard InChI is InChI=1S/C11H12O2/c1-8-3-4-10(7-9(8)2)5-6-11(12)13/h3-7H,1-2H3,(H,12,13). The zero-order valence-electron chi connectivity index (χ0n) is 7.74. The summed E-state index contributed by atoms with van der Waals surface area (Å²) in [5.74, 6) is -0.918. The lowest BCUT2D eigenvalue weighted by atomic mass is 10.1. The number of benzene rings is 1. The number of aryl methyl sites for hydroxylation is 2. The molecule has 13 heavy (non-hydrogen) atoms. The molecule has 0 aromatic heterocycles. The highest BCUT2D eigenvalue weighted by Gasteiger charge is 1.93. The van der Waals surface area contributed by atoms with Crippen LogP contribution in [-0.4, -0.2) is 11.1 Å². The molecule has 1 rings (SSSR count). The monoisotopic (exact) mass is 176 g/mol. The molecule has 0 bridgehead atoms. The fraction of sp³-hybridized carbons (Fsp3) is 0.182. The third-order valence-electron chi connectivity index (χ3n) is 1.95. The molecule has 0 unspecified atom stereocenters. The van der Waals surface area contributed by atoms with Crippen LogP contribution in [0.3, 0.4) is 0 Å². The molecule has 0 radical (unpaired) electrons. The predicted molar refractivity (Wildman–Crippen MR) is 52.6 cm³/mol. The molecule has 0 aliphatic carbocycles. The number of aliphatic carboxylic acids is 1. The molecule has 68 valence electrons. The fourth-order valence-corrected chi connectivity index (χ4v) is 1.04. The van der Waals surface area contributed by atoms with Crippen LogP contribution in [0.25, 0.3) is 6.08 Å². The third-order valence-corrected chi connectivity index (χ3v) is 1.95. The lowest BCUT2D eigenvalue weighted by Gasteiger charge is -1.99. The minimum atomic E-state index is -0.918. The van der Waals surface area contributed by atoms with Crippen LogP contribution in [0, 0.1) is 13.8 Å². The van der Waals surface area contributed by atoms with Crippen molar-refractivity contribution < 1.29 is 9.90 Å². The lowest BCUT2D eigenvalue weighted by molar-refractivity contribution is -0.131. The number of carboxylic acid groups (broad SMARTS) is 1. The van der Waals surface area contributed by atoms with Gasteiger partial charge in [-0.25, -0.2) is 4.79 Å². The smallest absolute Gasteiger partial charge is 0.328 e. The predicted octanol–water partition coefficient (Wildman–Crippen LogP) is 2.40. The van der Waals surface area contributed by atoms with E-state index in [2.05, 4.69) is 0 Å². The SMILES string of the molecule is Cc1ccc(C=CC(=O)O)cc1C. The molecule has 2 nitrogen and oxygen atoms in total. The van der Waals surface area contributed by atoms with E-state index in [-0.39, 0.29) is 0 Å². The van der Waals surface area contributed by atoms with Crippen LogP contribution in [0.2, 0.25) is 0 Å². The summed E-state index contributed by atoms with van der Waals surface area (Å²) < 4.78 is 0. The Morgan fingerprint density at radius 2 is 2.00 bits per heavy atom. The van der Waals surface area contributed by atoms with Gasteiger partial charge in [0.15, 0.2) is 0 Å². The number of carboxylic acids is 1. The number of carbonyl (C=O) groups is 1. The molecular weight excluding hydrogens is 164 g/mol. The summed E-state index contributed by atoms with van der Waals surface area (Å²) in [6.45, 7) is 4.04. The molecule has 0 aliphatic rings. The molecule has 1 N–H and O–H groups in total. The summed E-state index contributed by atoms with van der Waals surface area (Å²) in [5.41, 5.74) is 3.31. The minimum absolute atomic E-state index is 0.918. The second kappa shape index (κ2) is 3.90. The van der Waals surface area contributed by atoms with Crippen LogP contribution < -0.4 is 0 Å². The Morgan fingerprint density at radius 3 is 2.54 bits per heavy atom. The molecule has 1 aromatic carbocycles. The van der Waals surface area contributed by atoms with E-state index in [1.165, 1.54) is 11.1 Å². The molecule has 2 heteroatoms. The number of hydrogen-bond acceptors (Lipinski definition) is 1. The van der Waals surface area contributed by atoms with E-state index in [4.69, 9.17) is 5.11 Å². The minimum Gasteiger partial charge on any atom is -0.478 e. The first-order valence-corrected chi connectivity index (χ1v) is 4.08. The molecule has 1 aromatic rings. The Bertz CT molecular complexity index is 351. The molecule has 0 fully saturated rings. The molecule has 0 aliphatic heterocycles. The zero-order chi connectivity index (χ0) is 9.84. The summed E-state index contributed by atoms with van der Waals surface area (Å²) in [6, 6.07) is 5.85. The summed E-state index contributed by atoms with van der Waals surface area (Å²) in [6.07, 6.45) is 2.74. The first-order chi connectivity index (χ1) is 6.09.